The Labute approximate surface area is 75.6 Å². The van der Waals surface area contributed by atoms with Gasteiger partial charge in [0.25, 0.3) is 0 Å². The molecule has 0 aromatic heterocycles. The lowest BCUT2D eigenvalue weighted by molar-refractivity contribution is -0.123. The number of amides is 1. The van der Waals surface area contributed by atoms with E-state index in [9.17, 15) is 9.90 Å². The van der Waals surface area contributed by atoms with Crippen molar-refractivity contribution in [1.82, 2.24) is 0 Å². The Balaban J connectivity index is 2.19. The van der Waals surface area contributed by atoms with Gasteiger partial charge in [-0.2, -0.15) is 0 Å². The third-order valence-corrected chi connectivity index (χ3v) is 2.84. The largest absolute Gasteiger partial charge is 0.506 e. The van der Waals surface area contributed by atoms with E-state index in [0.717, 1.165) is 17.7 Å². The normalized spacial score (nSPS) is 23.8. The van der Waals surface area contributed by atoms with Crippen LogP contribution in [0.15, 0.2) is 18.2 Å². The van der Waals surface area contributed by atoms with Crippen molar-refractivity contribution in [3.63, 3.8) is 0 Å². The molecule has 0 spiro atoms. The molecule has 0 bridgehead atoms. The molecule has 2 aliphatic rings. The number of para-hydroxylation sites is 1. The molecule has 2 aliphatic heterocycles. The molecule has 1 aromatic rings. The third kappa shape index (κ3) is 0.716. The van der Waals surface area contributed by atoms with Gasteiger partial charge in [-0.1, -0.05) is 12.1 Å². The summed E-state index contributed by atoms with van der Waals surface area (Å²) >= 11 is 0. The summed E-state index contributed by atoms with van der Waals surface area (Å²) in [6.07, 6.45) is 1.53. The maximum Gasteiger partial charge on any atom is 0.229 e. The summed E-state index contributed by atoms with van der Waals surface area (Å²) in [5.41, 5.74) is 1.83. The maximum absolute atomic E-state index is 11.2. The minimum atomic E-state index is 0.130. The smallest absolute Gasteiger partial charge is 0.229 e. The topological polar surface area (TPSA) is 40.5 Å². The first-order chi connectivity index (χ1) is 6.27. The molecular weight excluding hydrogens is 166 g/mol. The van der Waals surface area contributed by atoms with E-state index in [-0.39, 0.29) is 11.7 Å². The summed E-state index contributed by atoms with van der Waals surface area (Å²) in [6, 6.07) is 5.74. The van der Waals surface area contributed by atoms with Gasteiger partial charge in [-0.15, -0.1) is 0 Å². The molecule has 1 saturated heterocycles. The maximum atomic E-state index is 11.2. The van der Waals surface area contributed by atoms with Gasteiger partial charge in [0.1, 0.15) is 5.75 Å². The van der Waals surface area contributed by atoms with Crippen molar-refractivity contribution < 1.29 is 9.90 Å². The number of phenols is 1. The molecule has 3 nitrogen and oxygen atoms in total. The number of benzene rings is 1. The van der Waals surface area contributed by atoms with Crippen molar-refractivity contribution in [3.8, 4) is 5.75 Å². The lowest BCUT2D eigenvalue weighted by Gasteiger charge is -2.34. The number of rotatable bonds is 0. The van der Waals surface area contributed by atoms with Crippen LogP contribution in [0.1, 0.15) is 12.0 Å². The van der Waals surface area contributed by atoms with Gasteiger partial charge in [0.2, 0.25) is 5.91 Å². The Hall–Kier alpha value is -1.51. The number of nitrogens with zero attached hydrogens (tertiary/aromatic N) is 1. The van der Waals surface area contributed by atoms with E-state index in [1.54, 1.807) is 11.0 Å². The first-order valence-corrected chi connectivity index (χ1v) is 4.40. The molecule has 1 aromatic carbocycles. The summed E-state index contributed by atoms with van der Waals surface area (Å²) < 4.78 is 0. The van der Waals surface area contributed by atoms with Gasteiger partial charge in [0.15, 0.2) is 0 Å². The Morgan fingerprint density at radius 2 is 2.23 bits per heavy atom. The first kappa shape index (κ1) is 6.95. The van der Waals surface area contributed by atoms with E-state index in [4.69, 9.17) is 0 Å². The zero-order chi connectivity index (χ0) is 9.00. The average Bonchev–Trinajstić information content (AvgIpc) is 2.38. The number of hydrogen-bond acceptors (Lipinski definition) is 2. The molecule has 0 saturated carbocycles. The van der Waals surface area contributed by atoms with Crippen molar-refractivity contribution in [2.75, 3.05) is 4.90 Å². The highest BCUT2D eigenvalue weighted by Gasteiger charge is 2.44. The zero-order valence-electron chi connectivity index (χ0n) is 7.03. The predicted molar refractivity (Wildman–Crippen MR) is 47.7 cm³/mol. The molecule has 1 unspecified atom stereocenters. The molecule has 1 atom stereocenters. The summed E-state index contributed by atoms with van der Waals surface area (Å²) in [5.74, 6) is 0.360. The Morgan fingerprint density at radius 3 is 3.00 bits per heavy atom. The molecular formula is C10H9NO2. The monoisotopic (exact) mass is 175 g/mol. The fourth-order valence-electron chi connectivity index (χ4n) is 2.23. The van der Waals surface area contributed by atoms with Gasteiger partial charge >= 0.3 is 0 Å². The number of hydrogen-bond donors (Lipinski definition) is 1. The van der Waals surface area contributed by atoms with Crippen LogP contribution in [-0.4, -0.2) is 17.1 Å². The number of fused-ring (bicyclic) bond motifs is 3. The van der Waals surface area contributed by atoms with E-state index in [1.807, 2.05) is 12.1 Å². The van der Waals surface area contributed by atoms with Crippen LogP contribution in [0.25, 0.3) is 0 Å². The minimum absolute atomic E-state index is 0.130. The van der Waals surface area contributed by atoms with Crippen molar-refractivity contribution in [2.24, 2.45) is 0 Å². The standard InChI is InChI=1S/C10H9NO2/c12-8-3-1-2-6-4-7-5-9(13)11(7)10(6)8/h1-3,7,12H,4-5H2. The van der Waals surface area contributed by atoms with Crippen molar-refractivity contribution >= 4 is 11.6 Å². The predicted octanol–water partition coefficient (Wildman–Crippen LogP) is 1.05. The molecule has 0 radical (unpaired) electrons. The second kappa shape index (κ2) is 2.05. The zero-order valence-corrected chi connectivity index (χ0v) is 7.03. The first-order valence-electron chi connectivity index (χ1n) is 4.40. The summed E-state index contributed by atoms with van der Waals surface area (Å²) in [5, 5.41) is 9.58. The third-order valence-electron chi connectivity index (χ3n) is 2.84. The number of carbonyl (C=O) groups is 1. The molecule has 66 valence electrons. The molecule has 0 aliphatic carbocycles. The van der Waals surface area contributed by atoms with Crippen LogP contribution in [0.4, 0.5) is 5.69 Å². The highest BCUT2D eigenvalue weighted by Crippen LogP contribution is 2.44. The van der Waals surface area contributed by atoms with Crippen molar-refractivity contribution in [3.05, 3.63) is 23.8 Å². The molecule has 1 fully saturated rings. The van der Waals surface area contributed by atoms with E-state index in [2.05, 4.69) is 0 Å². The Bertz CT molecular complexity index is 400. The van der Waals surface area contributed by atoms with Crippen LogP contribution < -0.4 is 4.90 Å². The van der Waals surface area contributed by atoms with Crippen LogP contribution in [0.2, 0.25) is 0 Å². The average molecular weight is 175 g/mol. The van der Waals surface area contributed by atoms with Gasteiger partial charge in [0, 0.05) is 12.5 Å². The molecule has 1 N–H and O–H groups in total. The fraction of sp³-hybridized carbons (Fsp3) is 0.300. The van der Waals surface area contributed by atoms with Crippen molar-refractivity contribution in [1.29, 1.82) is 0 Å². The second-order valence-electron chi connectivity index (χ2n) is 3.61. The number of β-lactam (4-membered cyclic amide) rings is 1. The molecule has 3 heteroatoms. The summed E-state index contributed by atoms with van der Waals surface area (Å²) in [4.78, 5) is 13.0. The van der Waals surface area contributed by atoms with Crippen molar-refractivity contribution in [2.45, 2.75) is 18.9 Å². The SMILES string of the molecule is O=C1CC2Cc3cccc(O)c3N12. The van der Waals surface area contributed by atoms with Crippen LogP contribution in [0.5, 0.6) is 5.75 Å². The van der Waals surface area contributed by atoms with Crippen LogP contribution in [0.3, 0.4) is 0 Å². The van der Waals surface area contributed by atoms with E-state index < -0.39 is 0 Å². The fourth-order valence-corrected chi connectivity index (χ4v) is 2.23. The van der Waals surface area contributed by atoms with E-state index >= 15 is 0 Å². The molecule has 2 heterocycles. The van der Waals surface area contributed by atoms with Gasteiger partial charge in [-0.3, -0.25) is 4.79 Å². The lowest BCUT2D eigenvalue weighted by Crippen LogP contribution is -2.50. The summed E-state index contributed by atoms with van der Waals surface area (Å²) in [7, 11) is 0. The lowest BCUT2D eigenvalue weighted by atomic mass is 10.0. The van der Waals surface area contributed by atoms with Gasteiger partial charge < -0.3 is 10.0 Å². The number of anilines is 1. The van der Waals surface area contributed by atoms with Crippen LogP contribution >= 0.6 is 0 Å². The summed E-state index contributed by atoms with van der Waals surface area (Å²) in [6.45, 7) is 0. The molecule has 1 amide bonds. The number of aromatic hydroxyl groups is 1. The van der Waals surface area contributed by atoms with Gasteiger partial charge in [-0.05, 0) is 18.1 Å². The highest BCUT2D eigenvalue weighted by molar-refractivity contribution is 6.04. The van der Waals surface area contributed by atoms with Gasteiger partial charge in [-0.25, -0.2) is 0 Å². The minimum Gasteiger partial charge on any atom is -0.506 e. The van der Waals surface area contributed by atoms with Crippen LogP contribution in [-0.2, 0) is 11.2 Å². The Kier molecular flexibility index (Phi) is 1.09. The number of carbonyl (C=O) groups excluding carboxylic acids is 1. The van der Waals surface area contributed by atoms with E-state index in [0.29, 0.717) is 12.5 Å². The highest BCUT2D eigenvalue weighted by atomic mass is 16.3. The second-order valence-corrected chi connectivity index (χ2v) is 3.61. The van der Waals surface area contributed by atoms with Gasteiger partial charge in [0.05, 0.1) is 5.69 Å². The van der Waals surface area contributed by atoms with Crippen LogP contribution in [0, 0.1) is 0 Å². The molecule has 13 heavy (non-hydrogen) atoms. The molecule has 3 rings (SSSR count). The number of phenolic OH excluding ortho intramolecular Hbond substituents is 1. The van der Waals surface area contributed by atoms with E-state index in [1.165, 1.54) is 0 Å². The Morgan fingerprint density at radius 1 is 1.38 bits per heavy atom. The quantitative estimate of drug-likeness (QED) is 0.599.